The van der Waals surface area contributed by atoms with E-state index in [1.165, 1.54) is 26.2 Å². The Hall–Kier alpha value is -3.08. The maximum absolute atomic E-state index is 12.3. The van der Waals surface area contributed by atoms with Crippen molar-refractivity contribution in [3.05, 3.63) is 27.8 Å². The fourth-order valence-corrected chi connectivity index (χ4v) is 3.94. The van der Waals surface area contributed by atoms with Gasteiger partial charge in [0.2, 0.25) is 0 Å². The van der Waals surface area contributed by atoms with Gasteiger partial charge in [-0.3, -0.25) is 10.1 Å². The fourth-order valence-electron chi connectivity index (χ4n) is 3.94. The van der Waals surface area contributed by atoms with E-state index in [1.807, 2.05) is 0 Å². The summed E-state index contributed by atoms with van der Waals surface area (Å²) in [6, 6.07) is 2.64. The van der Waals surface area contributed by atoms with Crippen LogP contribution in [0, 0.1) is 10.1 Å². The third-order valence-corrected chi connectivity index (χ3v) is 6.17. The van der Waals surface area contributed by atoms with Gasteiger partial charge in [0.25, 0.3) is 5.69 Å². The number of nitrogens with one attached hydrogen (secondary N) is 1. The Morgan fingerprint density at radius 3 is 2.55 bits per heavy atom. The molecule has 1 aliphatic rings. The van der Waals surface area contributed by atoms with Gasteiger partial charge in [0, 0.05) is 26.1 Å². The first-order valence-corrected chi connectivity index (χ1v) is 12.9. The number of alkyl carbamates (subject to hydrolysis) is 1. The van der Waals surface area contributed by atoms with E-state index in [4.69, 9.17) is 23.7 Å². The van der Waals surface area contributed by atoms with Gasteiger partial charge in [-0.15, -0.1) is 0 Å². The van der Waals surface area contributed by atoms with Crippen LogP contribution in [0.25, 0.3) is 0 Å². The number of unbranched alkanes of at least 4 members (excludes halogenated alkanes) is 2. The van der Waals surface area contributed by atoms with Crippen molar-refractivity contribution in [3.8, 4) is 11.5 Å². The SMILES string of the molecule is C=NCCCOc1cc(C(C)OC(=O)NCCCCCOC2OC(CO)C(O)C(O)C2O)c([N+](=O)[O-])cc1OC. The zero-order valence-electron chi connectivity index (χ0n) is 22.6. The number of aliphatic hydroxyl groups is 4. The molecule has 1 aromatic carbocycles. The van der Waals surface area contributed by atoms with E-state index in [0.717, 1.165) is 0 Å². The molecule has 40 heavy (non-hydrogen) atoms. The molecule has 5 N–H and O–H groups in total. The third-order valence-electron chi connectivity index (χ3n) is 6.17. The largest absolute Gasteiger partial charge is 0.493 e. The molecule has 0 aromatic heterocycles. The second-order valence-electron chi connectivity index (χ2n) is 9.07. The normalized spacial score (nSPS) is 23.2. The summed E-state index contributed by atoms with van der Waals surface area (Å²) in [5.41, 5.74) is -0.139. The monoisotopic (exact) mass is 573 g/mol. The average molecular weight is 574 g/mol. The molecule has 0 saturated carbocycles. The molecule has 6 atom stereocenters. The molecule has 1 amide bonds. The molecule has 1 saturated heterocycles. The summed E-state index contributed by atoms with van der Waals surface area (Å²) in [6.45, 7) is 5.59. The third kappa shape index (κ3) is 9.53. The molecular formula is C25H39N3O12. The number of carbonyl (C=O) groups is 1. The van der Waals surface area contributed by atoms with Crippen molar-refractivity contribution in [1.82, 2.24) is 5.32 Å². The summed E-state index contributed by atoms with van der Waals surface area (Å²) in [7, 11) is 1.37. The predicted molar refractivity (Wildman–Crippen MR) is 141 cm³/mol. The van der Waals surface area contributed by atoms with Crippen LogP contribution in [-0.4, -0.2) is 109 Å². The lowest BCUT2D eigenvalue weighted by Crippen LogP contribution is -2.59. The number of carbonyl (C=O) groups excluding carboxylic acids is 1. The number of aliphatic imine (C=N–C) groups is 1. The van der Waals surface area contributed by atoms with E-state index >= 15 is 0 Å². The van der Waals surface area contributed by atoms with Gasteiger partial charge in [0.1, 0.15) is 30.5 Å². The maximum Gasteiger partial charge on any atom is 0.407 e. The molecule has 0 bridgehead atoms. The van der Waals surface area contributed by atoms with Crippen LogP contribution in [0.3, 0.4) is 0 Å². The van der Waals surface area contributed by atoms with E-state index in [-0.39, 0.29) is 42.5 Å². The Morgan fingerprint density at radius 2 is 1.90 bits per heavy atom. The van der Waals surface area contributed by atoms with Crippen molar-refractivity contribution in [2.45, 2.75) is 69.4 Å². The highest BCUT2D eigenvalue weighted by Gasteiger charge is 2.43. The standard InChI is InChI=1S/C25H39N3O12/c1-15(16-12-19(37-11-7-8-26-2)18(36-3)13-17(16)28(34)35)39-25(33)27-9-5-4-6-10-38-24-23(32)22(31)21(30)20(14-29)40-24/h12-13,15,20-24,29-32H,2,4-11,14H2,1,3H3,(H,27,33). The van der Waals surface area contributed by atoms with Crippen LogP contribution < -0.4 is 14.8 Å². The highest BCUT2D eigenvalue weighted by molar-refractivity contribution is 5.68. The van der Waals surface area contributed by atoms with Crippen molar-refractivity contribution < 1.29 is 53.8 Å². The Kier molecular flexibility index (Phi) is 14.0. The summed E-state index contributed by atoms with van der Waals surface area (Å²) < 4.78 is 26.9. The number of hydrogen-bond acceptors (Lipinski definition) is 13. The number of benzene rings is 1. The second-order valence-corrected chi connectivity index (χ2v) is 9.07. The number of amides is 1. The minimum absolute atomic E-state index is 0.142. The first-order valence-electron chi connectivity index (χ1n) is 12.9. The Balaban J connectivity index is 1.79. The summed E-state index contributed by atoms with van der Waals surface area (Å²) in [4.78, 5) is 27.1. The molecule has 0 spiro atoms. The van der Waals surface area contributed by atoms with Gasteiger partial charge in [-0.05, 0) is 39.0 Å². The van der Waals surface area contributed by atoms with Gasteiger partial charge in [0.15, 0.2) is 17.8 Å². The van der Waals surface area contributed by atoms with Crippen LogP contribution in [0.5, 0.6) is 11.5 Å². The molecule has 15 heteroatoms. The lowest BCUT2D eigenvalue weighted by atomic mass is 9.99. The van der Waals surface area contributed by atoms with Crippen LogP contribution >= 0.6 is 0 Å². The number of nitro benzene ring substituents is 1. The fraction of sp³-hybridized carbons (Fsp3) is 0.680. The number of nitro groups is 1. The molecule has 1 aliphatic heterocycles. The molecular weight excluding hydrogens is 534 g/mol. The van der Waals surface area contributed by atoms with E-state index in [2.05, 4.69) is 17.0 Å². The zero-order chi connectivity index (χ0) is 29.7. The van der Waals surface area contributed by atoms with Crippen molar-refractivity contribution in [3.63, 3.8) is 0 Å². The molecule has 15 nitrogen and oxygen atoms in total. The molecule has 1 heterocycles. The first kappa shape index (κ1) is 33.1. The molecule has 6 unspecified atom stereocenters. The molecule has 1 fully saturated rings. The van der Waals surface area contributed by atoms with Crippen molar-refractivity contribution in [1.29, 1.82) is 0 Å². The number of rotatable bonds is 17. The highest BCUT2D eigenvalue weighted by Crippen LogP contribution is 2.38. The molecule has 0 radical (unpaired) electrons. The van der Waals surface area contributed by atoms with Crippen LogP contribution in [0.1, 0.15) is 44.3 Å². The minimum atomic E-state index is -1.51. The molecule has 226 valence electrons. The Morgan fingerprint density at radius 1 is 1.15 bits per heavy atom. The molecule has 0 aliphatic carbocycles. The van der Waals surface area contributed by atoms with E-state index in [0.29, 0.717) is 32.2 Å². The maximum atomic E-state index is 12.3. The zero-order valence-corrected chi connectivity index (χ0v) is 22.6. The number of aliphatic hydroxyl groups excluding tert-OH is 4. The quantitative estimate of drug-likeness (QED) is 0.0759. The van der Waals surface area contributed by atoms with Crippen molar-refractivity contribution in [2.75, 3.05) is 40.0 Å². The first-order chi connectivity index (χ1) is 19.1. The number of hydrogen-bond donors (Lipinski definition) is 5. The van der Waals surface area contributed by atoms with Gasteiger partial charge in [0.05, 0.1) is 36.9 Å². The van der Waals surface area contributed by atoms with Gasteiger partial charge < -0.3 is 54.4 Å². The smallest absolute Gasteiger partial charge is 0.407 e. The van der Waals surface area contributed by atoms with E-state index < -0.39 is 54.4 Å². The Labute approximate surface area is 231 Å². The highest BCUT2D eigenvalue weighted by atomic mass is 16.7. The number of methoxy groups -OCH3 is 1. The number of ether oxygens (including phenoxy) is 5. The average Bonchev–Trinajstić information content (AvgIpc) is 2.94. The van der Waals surface area contributed by atoms with Crippen molar-refractivity contribution >= 4 is 18.5 Å². The van der Waals surface area contributed by atoms with Crippen LogP contribution in [0.15, 0.2) is 17.1 Å². The topological polar surface area (TPSA) is 212 Å². The van der Waals surface area contributed by atoms with Crippen molar-refractivity contribution in [2.24, 2.45) is 4.99 Å². The van der Waals surface area contributed by atoms with Gasteiger partial charge in [-0.2, -0.15) is 0 Å². The second kappa shape index (κ2) is 16.9. The molecule has 1 aromatic rings. The Bertz CT molecular complexity index is 963. The minimum Gasteiger partial charge on any atom is -0.493 e. The molecule has 2 rings (SSSR count). The summed E-state index contributed by atoms with van der Waals surface area (Å²) in [5.74, 6) is 0.447. The van der Waals surface area contributed by atoms with Crippen LogP contribution in [-0.2, 0) is 14.2 Å². The summed E-state index contributed by atoms with van der Waals surface area (Å²) >= 11 is 0. The lowest BCUT2D eigenvalue weighted by molar-refractivity contribution is -0.386. The van der Waals surface area contributed by atoms with Crippen LogP contribution in [0.4, 0.5) is 10.5 Å². The van der Waals surface area contributed by atoms with E-state index in [1.54, 1.807) is 0 Å². The summed E-state index contributed by atoms with van der Waals surface area (Å²) in [6.07, 6.45) is -6.07. The van der Waals surface area contributed by atoms with Gasteiger partial charge in [-0.1, -0.05) is 0 Å². The van der Waals surface area contributed by atoms with Crippen LogP contribution in [0.2, 0.25) is 0 Å². The van der Waals surface area contributed by atoms with Gasteiger partial charge >= 0.3 is 6.09 Å². The summed E-state index contributed by atoms with van der Waals surface area (Å²) in [5, 5.41) is 53.0. The van der Waals surface area contributed by atoms with E-state index in [9.17, 15) is 35.3 Å². The predicted octanol–water partition coefficient (Wildman–Crippen LogP) is 0.847. The van der Waals surface area contributed by atoms with Gasteiger partial charge in [-0.25, -0.2) is 4.79 Å². The number of nitrogens with zero attached hydrogens (tertiary/aromatic N) is 2. The lowest BCUT2D eigenvalue weighted by Gasteiger charge is -2.39.